The second kappa shape index (κ2) is 10.9. The van der Waals surface area contributed by atoms with E-state index in [-0.39, 0.29) is 17.4 Å². The summed E-state index contributed by atoms with van der Waals surface area (Å²) in [5, 5.41) is 15.4. The van der Waals surface area contributed by atoms with E-state index in [1.165, 1.54) is 12.1 Å². The Balaban J connectivity index is 1.34. The second-order valence-corrected chi connectivity index (χ2v) is 10.2. The number of hydrogen-bond acceptors (Lipinski definition) is 6. The van der Waals surface area contributed by atoms with E-state index < -0.39 is 29.4 Å². The number of hydrogen-bond donors (Lipinski definition) is 2. The summed E-state index contributed by atoms with van der Waals surface area (Å²) in [6.45, 7) is 3.87. The number of benzene rings is 1. The summed E-state index contributed by atoms with van der Waals surface area (Å²) in [7, 11) is 0. The van der Waals surface area contributed by atoms with Crippen LogP contribution in [-0.4, -0.2) is 52.2 Å². The Morgan fingerprint density at radius 1 is 1.24 bits per heavy atom. The van der Waals surface area contributed by atoms with Gasteiger partial charge < -0.3 is 20.1 Å². The van der Waals surface area contributed by atoms with Crippen LogP contribution in [0.2, 0.25) is 0 Å². The van der Waals surface area contributed by atoms with Gasteiger partial charge in [-0.1, -0.05) is 18.2 Å². The average molecular weight is 529 g/mol. The molecule has 7 nitrogen and oxygen atoms in total. The van der Waals surface area contributed by atoms with Crippen molar-refractivity contribution in [2.24, 2.45) is 5.92 Å². The molecular weight excluding hydrogens is 497 g/mol. The largest absolute Gasteiger partial charge is 0.383 e. The zero-order chi connectivity index (χ0) is 26.9. The summed E-state index contributed by atoms with van der Waals surface area (Å²) < 4.78 is 46.5. The number of aliphatic hydroxyl groups is 1. The maximum atomic E-state index is 14.7. The first-order chi connectivity index (χ1) is 18.2. The maximum Gasteiger partial charge on any atom is 0.266 e. The lowest BCUT2D eigenvalue weighted by molar-refractivity contribution is -0.136. The van der Waals surface area contributed by atoms with Gasteiger partial charge >= 0.3 is 0 Å². The van der Waals surface area contributed by atoms with E-state index in [0.717, 1.165) is 12.5 Å². The van der Waals surface area contributed by atoms with E-state index >= 15 is 0 Å². The molecule has 202 valence electrons. The molecule has 2 aliphatic rings. The number of aromatic nitrogens is 2. The third-order valence-electron chi connectivity index (χ3n) is 7.67. The van der Waals surface area contributed by atoms with Gasteiger partial charge in [0.2, 0.25) is 5.91 Å². The fraction of sp³-hybridized carbons (Fsp3) is 0.464. The Kier molecular flexibility index (Phi) is 7.54. The van der Waals surface area contributed by atoms with Crippen LogP contribution in [0.3, 0.4) is 0 Å². The molecule has 2 atom stereocenters. The summed E-state index contributed by atoms with van der Waals surface area (Å²) >= 11 is 0. The number of rotatable bonds is 7. The van der Waals surface area contributed by atoms with E-state index in [4.69, 9.17) is 4.74 Å². The number of likely N-dealkylation sites (tertiary alicyclic amines) is 1. The van der Waals surface area contributed by atoms with Crippen LogP contribution < -0.4 is 5.32 Å². The number of piperidine rings is 1. The van der Waals surface area contributed by atoms with Crippen molar-refractivity contribution < 1.29 is 27.8 Å². The monoisotopic (exact) mass is 528 g/mol. The van der Waals surface area contributed by atoms with Gasteiger partial charge in [-0.2, -0.15) is 0 Å². The molecule has 0 spiro atoms. The van der Waals surface area contributed by atoms with Crippen molar-refractivity contribution >= 4 is 22.5 Å². The molecule has 10 heteroatoms. The van der Waals surface area contributed by atoms with E-state index in [0.29, 0.717) is 67.8 Å². The molecule has 0 radical (unpaired) electrons. The number of fused-ring (bicyclic) bond motifs is 1. The van der Waals surface area contributed by atoms with Gasteiger partial charge in [-0.3, -0.25) is 14.8 Å². The van der Waals surface area contributed by atoms with Crippen molar-refractivity contribution in [2.75, 3.05) is 31.6 Å². The SMILES string of the molecule is C[C@@H](Nc1ccnc2cnc(C3(O)CCN(C(=O)C[C@@H]4CCOC4)CC3)cc12)c1cccc(C(F)F)c1F. The van der Waals surface area contributed by atoms with Crippen molar-refractivity contribution in [3.8, 4) is 0 Å². The smallest absolute Gasteiger partial charge is 0.266 e. The summed E-state index contributed by atoms with van der Waals surface area (Å²) in [5.74, 6) is -0.585. The van der Waals surface area contributed by atoms with Gasteiger partial charge in [0.05, 0.1) is 29.0 Å². The molecule has 0 aliphatic carbocycles. The van der Waals surface area contributed by atoms with E-state index in [1.54, 1.807) is 36.4 Å². The first kappa shape index (κ1) is 26.4. The molecule has 0 bridgehead atoms. The minimum absolute atomic E-state index is 0.0850. The van der Waals surface area contributed by atoms with Gasteiger partial charge in [0.15, 0.2) is 0 Å². The van der Waals surface area contributed by atoms with Gasteiger partial charge in [0.25, 0.3) is 6.43 Å². The average Bonchev–Trinajstić information content (AvgIpc) is 3.42. The Bertz CT molecular complexity index is 1310. The standard InChI is InChI=1S/C28H31F3N4O3/c1-17(19-3-2-4-20(26(19)29)27(30)31)34-22-5-9-32-23-15-33-24(14-21(22)23)28(37)7-10-35(11-8-28)25(36)13-18-6-12-38-16-18/h2-5,9,14-15,17-18,27,37H,6-8,10-13,16H2,1H3,(H,32,34)/t17-,18+/m1/s1. The number of nitrogens with zero attached hydrogens (tertiary/aromatic N) is 3. The van der Waals surface area contributed by atoms with Crippen molar-refractivity contribution in [2.45, 2.75) is 50.7 Å². The van der Waals surface area contributed by atoms with E-state index in [2.05, 4.69) is 15.3 Å². The number of nitrogens with one attached hydrogen (secondary N) is 1. The fourth-order valence-corrected chi connectivity index (χ4v) is 5.31. The third kappa shape index (κ3) is 5.33. The van der Waals surface area contributed by atoms with Crippen LogP contribution in [0.15, 0.2) is 42.7 Å². The first-order valence-electron chi connectivity index (χ1n) is 12.9. The maximum absolute atomic E-state index is 14.7. The summed E-state index contributed by atoms with van der Waals surface area (Å²) in [4.78, 5) is 23.3. The summed E-state index contributed by atoms with van der Waals surface area (Å²) in [5.41, 5.74) is -0.0629. The van der Waals surface area contributed by atoms with Crippen LogP contribution in [0.5, 0.6) is 0 Å². The molecule has 2 saturated heterocycles. The van der Waals surface area contributed by atoms with Gasteiger partial charge in [-0.25, -0.2) is 13.2 Å². The molecule has 1 amide bonds. The predicted molar refractivity (Wildman–Crippen MR) is 136 cm³/mol. The third-order valence-corrected chi connectivity index (χ3v) is 7.67. The second-order valence-electron chi connectivity index (χ2n) is 10.2. The number of ether oxygens (including phenoxy) is 1. The molecule has 5 rings (SSSR count). The molecule has 2 aromatic heterocycles. The summed E-state index contributed by atoms with van der Waals surface area (Å²) in [6.07, 6.45) is 2.32. The molecule has 4 heterocycles. The van der Waals surface area contributed by atoms with Gasteiger partial charge in [-0.05, 0) is 44.2 Å². The highest BCUT2D eigenvalue weighted by molar-refractivity contribution is 5.91. The zero-order valence-corrected chi connectivity index (χ0v) is 21.2. The number of carbonyl (C=O) groups excluding carboxylic acids is 1. The van der Waals surface area contributed by atoms with Crippen molar-refractivity contribution in [3.63, 3.8) is 0 Å². The van der Waals surface area contributed by atoms with Crippen LogP contribution in [0.25, 0.3) is 10.9 Å². The predicted octanol–water partition coefficient (Wildman–Crippen LogP) is 5.12. The van der Waals surface area contributed by atoms with E-state index in [9.17, 15) is 23.1 Å². The number of anilines is 1. The molecule has 2 fully saturated rings. The van der Waals surface area contributed by atoms with Crippen LogP contribution in [0.4, 0.5) is 18.9 Å². The highest BCUT2D eigenvalue weighted by Gasteiger charge is 2.37. The van der Waals surface area contributed by atoms with Gasteiger partial charge in [0, 0.05) is 55.6 Å². The lowest BCUT2D eigenvalue weighted by Crippen LogP contribution is -2.45. The zero-order valence-electron chi connectivity index (χ0n) is 21.2. The molecule has 0 saturated carbocycles. The van der Waals surface area contributed by atoms with Gasteiger partial charge in [0.1, 0.15) is 11.4 Å². The minimum atomic E-state index is -2.91. The number of amides is 1. The fourth-order valence-electron chi connectivity index (χ4n) is 5.31. The molecular formula is C28H31F3N4O3. The Morgan fingerprint density at radius 2 is 2.00 bits per heavy atom. The Hall–Kier alpha value is -3.24. The molecule has 1 aromatic carbocycles. The quantitative estimate of drug-likeness (QED) is 0.443. The number of alkyl halides is 2. The van der Waals surface area contributed by atoms with Crippen LogP contribution in [0.1, 0.15) is 61.9 Å². The van der Waals surface area contributed by atoms with Crippen LogP contribution >= 0.6 is 0 Å². The van der Waals surface area contributed by atoms with Crippen LogP contribution in [0, 0.1) is 11.7 Å². The number of pyridine rings is 2. The molecule has 38 heavy (non-hydrogen) atoms. The summed E-state index contributed by atoms with van der Waals surface area (Å²) in [6, 6.07) is 6.84. The minimum Gasteiger partial charge on any atom is -0.383 e. The molecule has 2 aliphatic heterocycles. The van der Waals surface area contributed by atoms with Crippen molar-refractivity contribution in [1.82, 2.24) is 14.9 Å². The van der Waals surface area contributed by atoms with Crippen molar-refractivity contribution in [1.29, 1.82) is 0 Å². The Morgan fingerprint density at radius 3 is 2.71 bits per heavy atom. The number of halogens is 3. The molecule has 3 aromatic rings. The highest BCUT2D eigenvalue weighted by Crippen LogP contribution is 2.36. The topological polar surface area (TPSA) is 87.6 Å². The normalized spacial score (nSPS) is 20.2. The first-order valence-corrected chi connectivity index (χ1v) is 12.9. The lowest BCUT2D eigenvalue weighted by Gasteiger charge is -2.38. The Labute approximate surface area is 219 Å². The van der Waals surface area contributed by atoms with Gasteiger partial charge in [-0.15, -0.1) is 0 Å². The van der Waals surface area contributed by atoms with Crippen molar-refractivity contribution in [3.05, 3.63) is 65.4 Å². The molecule has 2 N–H and O–H groups in total. The van der Waals surface area contributed by atoms with Crippen LogP contribution in [-0.2, 0) is 15.1 Å². The number of carbonyl (C=O) groups is 1. The van der Waals surface area contributed by atoms with E-state index in [1.807, 2.05) is 0 Å². The molecule has 0 unspecified atom stereocenters. The lowest BCUT2D eigenvalue weighted by atomic mass is 9.87. The highest BCUT2D eigenvalue weighted by atomic mass is 19.3.